The third-order valence-corrected chi connectivity index (χ3v) is 4.13. The van der Waals surface area contributed by atoms with Crippen molar-refractivity contribution in [2.45, 2.75) is 12.8 Å². The Hall–Kier alpha value is -1.82. The van der Waals surface area contributed by atoms with Crippen molar-refractivity contribution in [3.8, 4) is 0 Å². The highest BCUT2D eigenvalue weighted by Gasteiger charge is 2.12. The second-order valence-electron chi connectivity index (χ2n) is 4.72. The molecule has 8 heteroatoms. The zero-order valence-corrected chi connectivity index (χ0v) is 14.0. The van der Waals surface area contributed by atoms with Crippen LogP contribution < -0.4 is 5.32 Å². The lowest BCUT2D eigenvalue weighted by Crippen LogP contribution is -2.12. The van der Waals surface area contributed by atoms with Crippen molar-refractivity contribution in [2.24, 2.45) is 0 Å². The minimum Gasteiger partial charge on any atom is -0.325 e. The molecular formula is C15H11Cl3N2O3. The third-order valence-electron chi connectivity index (χ3n) is 3.06. The van der Waals surface area contributed by atoms with Crippen LogP contribution in [0.25, 0.3) is 0 Å². The molecule has 1 amide bonds. The number of non-ortho nitro benzene ring substituents is 1. The Bertz CT molecular complexity index is 766. The number of halogens is 3. The summed E-state index contributed by atoms with van der Waals surface area (Å²) < 4.78 is 0. The van der Waals surface area contributed by atoms with Gasteiger partial charge < -0.3 is 5.32 Å². The molecular weight excluding hydrogens is 363 g/mol. The molecule has 0 aliphatic heterocycles. The van der Waals surface area contributed by atoms with E-state index in [4.69, 9.17) is 34.8 Å². The van der Waals surface area contributed by atoms with E-state index in [9.17, 15) is 14.9 Å². The molecule has 5 nitrogen and oxygen atoms in total. The van der Waals surface area contributed by atoms with Gasteiger partial charge in [-0.3, -0.25) is 14.9 Å². The lowest BCUT2D eigenvalue weighted by atomic mass is 10.1. The predicted molar refractivity (Wildman–Crippen MR) is 91.5 cm³/mol. The Kier molecular flexibility index (Phi) is 5.82. The number of carbonyl (C=O) groups is 1. The first-order valence-electron chi connectivity index (χ1n) is 6.54. The second kappa shape index (κ2) is 7.64. The van der Waals surface area contributed by atoms with Crippen molar-refractivity contribution >= 4 is 52.1 Å². The summed E-state index contributed by atoms with van der Waals surface area (Å²) in [7, 11) is 0. The number of nitro groups is 1. The SMILES string of the molecule is O=C(CCc1ccc(Cl)c(Cl)c1)Nc1cc([N+](=O)[O-])ccc1Cl. The fraction of sp³-hybridized carbons (Fsp3) is 0.133. The van der Waals surface area contributed by atoms with Gasteiger partial charge in [-0.2, -0.15) is 0 Å². The van der Waals surface area contributed by atoms with Crippen LogP contribution >= 0.6 is 34.8 Å². The number of nitrogens with one attached hydrogen (secondary N) is 1. The average molecular weight is 374 g/mol. The Balaban J connectivity index is 2.00. The van der Waals surface area contributed by atoms with E-state index in [1.807, 2.05) is 0 Å². The van der Waals surface area contributed by atoms with Crippen molar-refractivity contribution in [3.05, 3.63) is 67.1 Å². The standard InChI is InChI=1S/C15H11Cl3N2O3/c16-11-4-1-9(7-13(11)18)2-6-15(21)19-14-8-10(20(22)23)3-5-12(14)17/h1,3-5,7-8H,2,6H2,(H,19,21). The van der Waals surface area contributed by atoms with Crippen molar-refractivity contribution in [2.75, 3.05) is 5.32 Å². The molecule has 0 heterocycles. The zero-order chi connectivity index (χ0) is 17.0. The number of nitro benzene ring substituents is 1. The summed E-state index contributed by atoms with van der Waals surface area (Å²) in [4.78, 5) is 22.2. The number of anilines is 1. The fourth-order valence-electron chi connectivity index (χ4n) is 1.89. The lowest BCUT2D eigenvalue weighted by molar-refractivity contribution is -0.384. The van der Waals surface area contributed by atoms with E-state index in [0.717, 1.165) is 5.56 Å². The van der Waals surface area contributed by atoms with Gasteiger partial charge in [0.25, 0.3) is 5.69 Å². The summed E-state index contributed by atoms with van der Waals surface area (Å²) in [5.74, 6) is -0.307. The minimum atomic E-state index is -0.554. The van der Waals surface area contributed by atoms with Gasteiger partial charge in [-0.15, -0.1) is 0 Å². The highest BCUT2D eigenvalue weighted by atomic mass is 35.5. The molecule has 0 saturated carbocycles. The normalized spacial score (nSPS) is 10.4. The van der Waals surface area contributed by atoms with E-state index in [1.165, 1.54) is 18.2 Å². The number of benzene rings is 2. The molecule has 2 aromatic rings. The van der Waals surface area contributed by atoms with Crippen molar-refractivity contribution < 1.29 is 9.72 Å². The molecule has 0 spiro atoms. The number of nitrogens with zero attached hydrogens (tertiary/aromatic N) is 1. The fourth-order valence-corrected chi connectivity index (χ4v) is 2.37. The Morgan fingerprint density at radius 2 is 1.74 bits per heavy atom. The van der Waals surface area contributed by atoms with E-state index in [2.05, 4.69) is 5.32 Å². The van der Waals surface area contributed by atoms with Crippen LogP contribution in [0.1, 0.15) is 12.0 Å². The van der Waals surface area contributed by atoms with Gasteiger partial charge in [0, 0.05) is 18.6 Å². The Morgan fingerprint density at radius 1 is 1.04 bits per heavy atom. The monoisotopic (exact) mass is 372 g/mol. The highest BCUT2D eigenvalue weighted by Crippen LogP contribution is 2.27. The van der Waals surface area contributed by atoms with E-state index in [1.54, 1.807) is 18.2 Å². The molecule has 2 rings (SSSR count). The summed E-state index contributed by atoms with van der Waals surface area (Å²) in [6, 6.07) is 9.00. The van der Waals surface area contributed by atoms with Crippen LogP contribution in [0.2, 0.25) is 15.1 Å². The van der Waals surface area contributed by atoms with Crippen LogP contribution in [0, 0.1) is 10.1 Å². The molecule has 0 atom stereocenters. The van der Waals surface area contributed by atoms with Crippen LogP contribution in [0.15, 0.2) is 36.4 Å². The number of amides is 1. The van der Waals surface area contributed by atoms with E-state index in [-0.39, 0.29) is 28.7 Å². The van der Waals surface area contributed by atoms with Gasteiger partial charge in [-0.25, -0.2) is 0 Å². The molecule has 1 N–H and O–H groups in total. The zero-order valence-electron chi connectivity index (χ0n) is 11.7. The number of aryl methyl sites for hydroxylation is 1. The Labute approximate surface area is 147 Å². The maximum Gasteiger partial charge on any atom is 0.271 e. The predicted octanol–water partition coefficient (Wildman–Crippen LogP) is 5.13. The largest absolute Gasteiger partial charge is 0.325 e. The number of carbonyl (C=O) groups excluding carboxylic acids is 1. The van der Waals surface area contributed by atoms with Gasteiger partial charge in [-0.05, 0) is 30.2 Å². The van der Waals surface area contributed by atoms with E-state index >= 15 is 0 Å². The van der Waals surface area contributed by atoms with Gasteiger partial charge >= 0.3 is 0 Å². The smallest absolute Gasteiger partial charge is 0.271 e. The molecule has 0 aliphatic carbocycles. The van der Waals surface area contributed by atoms with Crippen molar-refractivity contribution in [3.63, 3.8) is 0 Å². The van der Waals surface area contributed by atoms with Gasteiger partial charge in [0.1, 0.15) is 0 Å². The second-order valence-corrected chi connectivity index (χ2v) is 5.94. The average Bonchev–Trinajstić information content (AvgIpc) is 2.50. The topological polar surface area (TPSA) is 72.2 Å². The molecule has 0 saturated heterocycles. The molecule has 2 aromatic carbocycles. The van der Waals surface area contributed by atoms with Crippen LogP contribution in [0.4, 0.5) is 11.4 Å². The van der Waals surface area contributed by atoms with Gasteiger partial charge in [0.15, 0.2) is 0 Å². The van der Waals surface area contributed by atoms with E-state index in [0.29, 0.717) is 16.5 Å². The van der Waals surface area contributed by atoms with E-state index < -0.39 is 4.92 Å². The van der Waals surface area contributed by atoms with Crippen LogP contribution in [-0.2, 0) is 11.2 Å². The first kappa shape index (κ1) is 17.5. The van der Waals surface area contributed by atoms with Crippen molar-refractivity contribution in [1.82, 2.24) is 0 Å². The molecule has 120 valence electrons. The molecule has 0 bridgehead atoms. The number of hydrogen-bond donors (Lipinski definition) is 1. The lowest BCUT2D eigenvalue weighted by Gasteiger charge is -2.07. The maximum atomic E-state index is 12.0. The van der Waals surface area contributed by atoms with Crippen LogP contribution in [-0.4, -0.2) is 10.8 Å². The van der Waals surface area contributed by atoms with Crippen LogP contribution in [0.3, 0.4) is 0 Å². The minimum absolute atomic E-state index is 0.144. The summed E-state index contributed by atoms with van der Waals surface area (Å²) in [6.45, 7) is 0. The number of hydrogen-bond acceptors (Lipinski definition) is 3. The summed E-state index contributed by atoms with van der Waals surface area (Å²) in [5, 5.41) is 14.4. The van der Waals surface area contributed by atoms with Crippen molar-refractivity contribution in [1.29, 1.82) is 0 Å². The summed E-state index contributed by atoms with van der Waals surface area (Å²) >= 11 is 17.7. The van der Waals surface area contributed by atoms with Gasteiger partial charge in [-0.1, -0.05) is 40.9 Å². The number of rotatable bonds is 5. The van der Waals surface area contributed by atoms with Gasteiger partial charge in [0.2, 0.25) is 5.91 Å². The maximum absolute atomic E-state index is 12.0. The molecule has 0 fully saturated rings. The molecule has 0 radical (unpaired) electrons. The summed E-state index contributed by atoms with van der Waals surface area (Å²) in [6.07, 6.45) is 0.631. The molecule has 0 aromatic heterocycles. The van der Waals surface area contributed by atoms with Crippen LogP contribution in [0.5, 0.6) is 0 Å². The van der Waals surface area contributed by atoms with Gasteiger partial charge in [0.05, 0.1) is 25.7 Å². The quantitative estimate of drug-likeness (QED) is 0.583. The molecule has 23 heavy (non-hydrogen) atoms. The Morgan fingerprint density at radius 3 is 2.39 bits per heavy atom. The first-order chi connectivity index (χ1) is 10.9. The molecule has 0 aliphatic rings. The third kappa shape index (κ3) is 4.82. The molecule has 0 unspecified atom stereocenters. The first-order valence-corrected chi connectivity index (χ1v) is 7.68. The summed E-state index contributed by atoms with van der Waals surface area (Å²) in [5.41, 5.74) is 0.925. The highest BCUT2D eigenvalue weighted by molar-refractivity contribution is 6.42.